The van der Waals surface area contributed by atoms with Crippen molar-refractivity contribution < 1.29 is 13.2 Å². The van der Waals surface area contributed by atoms with E-state index in [0.717, 1.165) is 40.9 Å². The van der Waals surface area contributed by atoms with Crippen LogP contribution in [0.3, 0.4) is 0 Å². The number of hydrogen-bond acceptors (Lipinski definition) is 5. The Morgan fingerprint density at radius 1 is 1.30 bits per heavy atom. The van der Waals surface area contributed by atoms with Gasteiger partial charge in [0, 0.05) is 6.04 Å². The van der Waals surface area contributed by atoms with Crippen LogP contribution in [0.25, 0.3) is 10.2 Å². The third kappa shape index (κ3) is 5.06. The van der Waals surface area contributed by atoms with E-state index in [0.29, 0.717) is 6.42 Å². The first kappa shape index (κ1) is 20.2. The molecule has 0 radical (unpaired) electrons. The Kier molecular flexibility index (Phi) is 6.18. The number of benzene rings is 1. The molecular formula is C19H27N3O3S2. The molecule has 27 heavy (non-hydrogen) atoms. The lowest BCUT2D eigenvalue weighted by atomic mass is 10.0. The van der Waals surface area contributed by atoms with Gasteiger partial charge < -0.3 is 5.32 Å². The van der Waals surface area contributed by atoms with Crippen LogP contribution in [-0.2, 0) is 14.8 Å². The summed E-state index contributed by atoms with van der Waals surface area (Å²) in [6.07, 6.45) is 4.61. The normalized spacial score (nSPS) is 16.9. The molecule has 148 valence electrons. The zero-order chi connectivity index (χ0) is 19.6. The van der Waals surface area contributed by atoms with Crippen LogP contribution < -0.4 is 10.0 Å². The Morgan fingerprint density at radius 2 is 2.00 bits per heavy atom. The third-order valence-electron chi connectivity index (χ3n) is 4.80. The van der Waals surface area contributed by atoms with Crippen molar-refractivity contribution in [1.29, 1.82) is 0 Å². The smallest absolute Gasteiger partial charge is 0.241 e. The van der Waals surface area contributed by atoms with E-state index in [4.69, 9.17) is 0 Å². The van der Waals surface area contributed by atoms with Gasteiger partial charge in [0.2, 0.25) is 15.9 Å². The van der Waals surface area contributed by atoms with Crippen LogP contribution in [-0.4, -0.2) is 31.4 Å². The van der Waals surface area contributed by atoms with Gasteiger partial charge in [-0.2, -0.15) is 4.72 Å². The van der Waals surface area contributed by atoms with Gasteiger partial charge >= 0.3 is 0 Å². The van der Waals surface area contributed by atoms with Gasteiger partial charge in [0.05, 0.1) is 20.1 Å². The predicted octanol–water partition coefficient (Wildman–Crippen LogP) is 3.36. The average molecular weight is 410 g/mol. The monoisotopic (exact) mass is 409 g/mol. The highest BCUT2D eigenvalue weighted by Crippen LogP contribution is 2.25. The highest BCUT2D eigenvalue weighted by atomic mass is 32.2. The predicted molar refractivity (Wildman–Crippen MR) is 108 cm³/mol. The van der Waals surface area contributed by atoms with E-state index in [1.54, 1.807) is 18.2 Å². The summed E-state index contributed by atoms with van der Waals surface area (Å²) >= 11 is 1.46. The van der Waals surface area contributed by atoms with Crippen molar-refractivity contribution in [3.63, 3.8) is 0 Å². The van der Waals surface area contributed by atoms with Gasteiger partial charge in [-0.25, -0.2) is 13.4 Å². The van der Waals surface area contributed by atoms with E-state index in [2.05, 4.69) is 15.0 Å². The first-order chi connectivity index (χ1) is 12.7. The maximum absolute atomic E-state index is 12.9. The fourth-order valence-electron chi connectivity index (χ4n) is 3.49. The minimum atomic E-state index is -3.80. The Labute approximate surface area is 164 Å². The van der Waals surface area contributed by atoms with Gasteiger partial charge in [-0.1, -0.05) is 26.7 Å². The van der Waals surface area contributed by atoms with E-state index >= 15 is 0 Å². The second-order valence-corrected chi connectivity index (χ2v) is 10.6. The Balaban J connectivity index is 1.80. The van der Waals surface area contributed by atoms with Crippen molar-refractivity contribution >= 4 is 37.5 Å². The number of nitrogens with zero attached hydrogens (tertiary/aromatic N) is 1. The van der Waals surface area contributed by atoms with Gasteiger partial charge in [0.25, 0.3) is 0 Å². The fraction of sp³-hybridized carbons (Fsp3) is 0.579. The molecule has 1 saturated carbocycles. The van der Waals surface area contributed by atoms with Crippen molar-refractivity contribution in [1.82, 2.24) is 15.0 Å². The first-order valence-corrected chi connectivity index (χ1v) is 11.7. The molecule has 1 aromatic carbocycles. The number of aromatic nitrogens is 1. The number of amides is 1. The molecule has 2 N–H and O–H groups in total. The number of hydrogen-bond donors (Lipinski definition) is 2. The molecule has 1 amide bonds. The zero-order valence-electron chi connectivity index (χ0n) is 16.0. The molecule has 1 heterocycles. The fourth-order valence-corrected chi connectivity index (χ4v) is 5.67. The van der Waals surface area contributed by atoms with Crippen LogP contribution >= 0.6 is 11.3 Å². The van der Waals surface area contributed by atoms with Gasteiger partial charge in [0.1, 0.15) is 6.04 Å². The number of sulfonamides is 1. The molecule has 1 aliphatic carbocycles. The van der Waals surface area contributed by atoms with Crippen molar-refractivity contribution in [2.24, 2.45) is 5.92 Å². The Morgan fingerprint density at radius 3 is 2.67 bits per heavy atom. The number of aryl methyl sites for hydroxylation is 1. The highest BCUT2D eigenvalue weighted by Gasteiger charge is 2.29. The lowest BCUT2D eigenvalue weighted by Crippen LogP contribution is -2.49. The summed E-state index contributed by atoms with van der Waals surface area (Å²) < 4.78 is 29.3. The standard InChI is InChI=1S/C19H27N3O3S2/c1-12(2)10-17(19(23)21-14-6-4-5-7-14)22-27(24,25)15-8-9-16-18(11-15)26-13(3)20-16/h8-9,11-12,14,17,22H,4-7,10H2,1-3H3,(H,21,23)/t17-/m0/s1. The van der Waals surface area contributed by atoms with Crippen LogP contribution in [0.1, 0.15) is 51.0 Å². The molecule has 0 saturated heterocycles. The number of carbonyl (C=O) groups excluding carboxylic acids is 1. The van der Waals surface area contributed by atoms with Crippen LogP contribution in [0, 0.1) is 12.8 Å². The third-order valence-corrected chi connectivity index (χ3v) is 7.20. The van der Waals surface area contributed by atoms with Gasteiger partial charge in [-0.05, 0) is 50.3 Å². The SMILES string of the molecule is Cc1nc2ccc(S(=O)(=O)N[C@@H](CC(C)C)C(=O)NC3CCCC3)cc2s1. The van der Waals surface area contributed by atoms with E-state index in [1.807, 2.05) is 20.8 Å². The number of rotatable bonds is 7. The van der Waals surface area contributed by atoms with E-state index in [9.17, 15) is 13.2 Å². The summed E-state index contributed by atoms with van der Waals surface area (Å²) in [5.74, 6) is -0.0347. The van der Waals surface area contributed by atoms with Gasteiger partial charge in [-0.3, -0.25) is 4.79 Å². The van der Waals surface area contributed by atoms with Crippen LogP contribution in [0.15, 0.2) is 23.1 Å². The van der Waals surface area contributed by atoms with Crippen molar-refractivity contribution in [2.45, 2.75) is 69.9 Å². The van der Waals surface area contributed by atoms with Gasteiger partial charge in [-0.15, -0.1) is 11.3 Å². The summed E-state index contributed by atoms with van der Waals surface area (Å²) in [6, 6.07) is 4.28. The first-order valence-electron chi connectivity index (χ1n) is 9.44. The van der Waals surface area contributed by atoms with Crippen molar-refractivity contribution in [3.05, 3.63) is 23.2 Å². The van der Waals surface area contributed by atoms with Crippen molar-refractivity contribution in [2.75, 3.05) is 0 Å². The molecule has 8 heteroatoms. The number of fused-ring (bicyclic) bond motifs is 1. The molecule has 1 aliphatic rings. The Bertz CT molecular complexity index is 915. The topological polar surface area (TPSA) is 88.2 Å². The van der Waals surface area contributed by atoms with E-state index in [1.165, 1.54) is 11.3 Å². The zero-order valence-corrected chi connectivity index (χ0v) is 17.6. The molecule has 3 rings (SSSR count). The molecule has 6 nitrogen and oxygen atoms in total. The minimum Gasteiger partial charge on any atom is -0.352 e. The minimum absolute atomic E-state index is 0.160. The van der Waals surface area contributed by atoms with E-state index in [-0.39, 0.29) is 22.8 Å². The summed E-state index contributed by atoms with van der Waals surface area (Å²) in [6.45, 7) is 5.86. The van der Waals surface area contributed by atoms with Crippen molar-refractivity contribution in [3.8, 4) is 0 Å². The highest BCUT2D eigenvalue weighted by molar-refractivity contribution is 7.89. The lowest BCUT2D eigenvalue weighted by molar-refractivity contribution is -0.123. The van der Waals surface area contributed by atoms with Crippen LogP contribution in [0.4, 0.5) is 0 Å². The molecular weight excluding hydrogens is 382 g/mol. The second-order valence-electron chi connectivity index (χ2n) is 7.66. The molecule has 0 unspecified atom stereocenters. The summed E-state index contributed by atoms with van der Waals surface area (Å²) in [7, 11) is -3.80. The maximum atomic E-state index is 12.9. The summed E-state index contributed by atoms with van der Waals surface area (Å²) in [5, 5.41) is 3.91. The molecule has 1 aromatic heterocycles. The lowest BCUT2D eigenvalue weighted by Gasteiger charge is -2.22. The average Bonchev–Trinajstić information content (AvgIpc) is 3.20. The quantitative estimate of drug-likeness (QED) is 0.734. The van der Waals surface area contributed by atoms with Crippen LogP contribution in [0.2, 0.25) is 0 Å². The molecule has 0 spiro atoms. The molecule has 1 fully saturated rings. The number of nitrogens with one attached hydrogen (secondary N) is 2. The molecule has 0 aliphatic heterocycles. The summed E-state index contributed by atoms with van der Waals surface area (Å²) in [5.41, 5.74) is 0.786. The summed E-state index contributed by atoms with van der Waals surface area (Å²) in [4.78, 5) is 17.2. The molecule has 0 bridgehead atoms. The van der Waals surface area contributed by atoms with Crippen LogP contribution in [0.5, 0.6) is 0 Å². The second kappa shape index (κ2) is 8.24. The molecule has 2 aromatic rings. The molecule has 1 atom stereocenters. The Hall–Kier alpha value is -1.51. The largest absolute Gasteiger partial charge is 0.352 e. The maximum Gasteiger partial charge on any atom is 0.241 e. The number of thiazole rings is 1. The number of carbonyl (C=O) groups is 1. The van der Waals surface area contributed by atoms with E-state index < -0.39 is 16.1 Å². The van der Waals surface area contributed by atoms with Gasteiger partial charge in [0.15, 0.2) is 0 Å².